The lowest BCUT2D eigenvalue weighted by molar-refractivity contribution is -0.137. The number of nitrogen functional groups attached to an aromatic ring is 1. The summed E-state index contributed by atoms with van der Waals surface area (Å²) in [5.41, 5.74) is 15.7. The van der Waals surface area contributed by atoms with Crippen molar-refractivity contribution in [2.75, 3.05) is 91.1 Å². The molecule has 26 heteroatoms. The van der Waals surface area contributed by atoms with Crippen LogP contribution in [0.2, 0.25) is 0 Å². The second-order valence-corrected chi connectivity index (χ2v) is 18.0. The molecule has 434 valence electrons. The molecule has 2 aliphatic rings. The zero-order valence-electron chi connectivity index (χ0n) is 46.0. The van der Waals surface area contributed by atoms with Crippen LogP contribution in [0.1, 0.15) is 76.5 Å². The van der Waals surface area contributed by atoms with Crippen molar-refractivity contribution in [3.8, 4) is 11.8 Å². The molecule has 0 saturated heterocycles. The van der Waals surface area contributed by atoms with Crippen molar-refractivity contribution in [2.24, 2.45) is 11.7 Å². The van der Waals surface area contributed by atoms with E-state index in [9.17, 15) is 33.6 Å². The number of carboxylic acid groups (broad SMARTS) is 1. The first-order valence-corrected chi connectivity index (χ1v) is 26.0. The molecule has 2 aromatic heterocycles. The Labute approximate surface area is 459 Å². The average Bonchev–Trinajstić information content (AvgIpc) is 3.93. The second kappa shape index (κ2) is 36.2. The van der Waals surface area contributed by atoms with Crippen molar-refractivity contribution < 1.29 is 62.4 Å². The summed E-state index contributed by atoms with van der Waals surface area (Å²) in [4.78, 5) is 103. The highest BCUT2D eigenvalue weighted by molar-refractivity contribution is 6.12. The number of imidazole rings is 1. The van der Waals surface area contributed by atoms with Crippen LogP contribution in [0.5, 0.6) is 11.8 Å². The number of nitrogens with two attached hydrogens (primary N) is 2. The monoisotopic (exact) mass is 1110 g/mol. The third-order valence-corrected chi connectivity index (χ3v) is 11.9. The van der Waals surface area contributed by atoms with E-state index in [1.807, 2.05) is 27.0 Å². The normalized spacial score (nSPS) is 13.0. The number of imide groups is 1. The maximum absolute atomic E-state index is 12.8. The van der Waals surface area contributed by atoms with E-state index in [-0.39, 0.29) is 86.9 Å². The maximum Gasteiger partial charge on any atom is 0.328 e. The van der Waals surface area contributed by atoms with Gasteiger partial charge in [0.1, 0.15) is 23.6 Å². The minimum absolute atomic E-state index is 0.0933. The van der Waals surface area contributed by atoms with E-state index in [1.165, 1.54) is 47.1 Å². The number of nitrogens with zero attached hydrogens (tertiary/aromatic N) is 5. The van der Waals surface area contributed by atoms with Crippen molar-refractivity contribution in [3.63, 3.8) is 0 Å². The summed E-state index contributed by atoms with van der Waals surface area (Å²) in [5.74, 6) is -0.619. The molecule has 79 heavy (non-hydrogen) atoms. The predicted molar refractivity (Wildman–Crippen MR) is 294 cm³/mol. The van der Waals surface area contributed by atoms with Crippen molar-refractivity contribution >= 4 is 65.1 Å². The Morgan fingerprint density at radius 1 is 0.899 bits per heavy atom. The Morgan fingerprint density at radius 3 is 2.06 bits per heavy atom. The topological polar surface area (TPSA) is 356 Å². The summed E-state index contributed by atoms with van der Waals surface area (Å²) < 4.78 is 28.7. The third-order valence-electron chi connectivity index (χ3n) is 11.9. The first-order valence-electron chi connectivity index (χ1n) is 26.0. The smallest absolute Gasteiger partial charge is 0.328 e. The van der Waals surface area contributed by atoms with Crippen molar-refractivity contribution in [1.82, 2.24) is 45.3 Å². The molecule has 0 spiro atoms. The van der Waals surface area contributed by atoms with Crippen LogP contribution in [-0.2, 0) is 62.6 Å². The first-order chi connectivity index (χ1) is 38.0. The molecule has 1 saturated carbocycles. The summed E-state index contributed by atoms with van der Waals surface area (Å²) in [6.45, 7) is 12.0. The van der Waals surface area contributed by atoms with Gasteiger partial charge < -0.3 is 71.3 Å². The van der Waals surface area contributed by atoms with Gasteiger partial charge in [0.25, 0.3) is 18.3 Å². The third kappa shape index (κ3) is 22.9. The largest absolute Gasteiger partial charge is 0.496 e. The SMILES string of the molecule is CC(C)C(NC(=O)CCOCCOCCOCCN1C(=O)C=CC1=O)C(=O)NCC=O.CCCNC(N)=O.CCOc1nc(N)c2[nH]c(=O)n(Cc3ccc(CN(Cc4ccc(NC)cc4)C4CCC4)cc3OC)c2n1.O=CO. The number of ether oxygens (including phenoxy) is 5. The van der Waals surface area contributed by atoms with E-state index in [4.69, 9.17) is 45.1 Å². The number of carbonyl (C=O) groups excluding carboxylic acids is 6. The first kappa shape index (κ1) is 65.3. The van der Waals surface area contributed by atoms with Crippen molar-refractivity contribution in [3.05, 3.63) is 81.8 Å². The molecule has 1 atom stereocenters. The van der Waals surface area contributed by atoms with E-state index in [1.54, 1.807) is 21.0 Å². The van der Waals surface area contributed by atoms with Crippen LogP contribution < -0.4 is 47.9 Å². The van der Waals surface area contributed by atoms with Crippen LogP contribution in [-0.4, -0.2) is 169 Å². The van der Waals surface area contributed by atoms with Gasteiger partial charge in [0.05, 0.1) is 73.0 Å². The molecule has 26 nitrogen and oxygen atoms in total. The number of rotatable bonds is 30. The van der Waals surface area contributed by atoms with Gasteiger partial charge in [-0.3, -0.25) is 38.3 Å². The number of fused-ring (bicyclic) bond motifs is 1. The van der Waals surface area contributed by atoms with Crippen molar-refractivity contribution in [1.29, 1.82) is 0 Å². The fourth-order valence-corrected chi connectivity index (χ4v) is 7.67. The Balaban J connectivity index is 0.000000360. The highest BCUT2D eigenvalue weighted by Gasteiger charge is 2.27. The van der Waals surface area contributed by atoms with E-state index in [0.29, 0.717) is 63.1 Å². The zero-order chi connectivity index (χ0) is 58.1. The number of aromatic amines is 1. The minimum atomic E-state index is -0.714. The van der Waals surface area contributed by atoms with Gasteiger partial charge in [0.2, 0.25) is 11.8 Å². The van der Waals surface area contributed by atoms with Crippen LogP contribution in [0.3, 0.4) is 0 Å². The number of nitrogens with one attached hydrogen (secondary N) is 5. The van der Waals surface area contributed by atoms with E-state index < -0.39 is 18.0 Å². The van der Waals surface area contributed by atoms with Gasteiger partial charge in [-0.25, -0.2) is 9.59 Å². The van der Waals surface area contributed by atoms with Gasteiger partial charge in [0, 0.05) is 62.5 Å². The highest BCUT2D eigenvalue weighted by Crippen LogP contribution is 2.30. The Hall–Kier alpha value is -7.94. The summed E-state index contributed by atoms with van der Waals surface area (Å²) in [5, 5.41) is 17.6. The molecular formula is C53H78N12O14. The van der Waals surface area contributed by atoms with Crippen LogP contribution in [0, 0.1) is 5.92 Å². The van der Waals surface area contributed by atoms with E-state index in [2.05, 4.69) is 77.5 Å². The molecule has 1 aliphatic heterocycles. The number of hydrogen-bond acceptors (Lipinski definition) is 18. The quantitative estimate of drug-likeness (QED) is 0.0211. The second-order valence-electron chi connectivity index (χ2n) is 18.0. The Bertz CT molecular complexity index is 2620. The van der Waals surface area contributed by atoms with E-state index >= 15 is 0 Å². The summed E-state index contributed by atoms with van der Waals surface area (Å²) >= 11 is 0. The average molecular weight is 1110 g/mol. The van der Waals surface area contributed by atoms with Gasteiger partial charge in [-0.05, 0) is 61.4 Å². The van der Waals surface area contributed by atoms with Crippen LogP contribution in [0.4, 0.5) is 16.3 Å². The number of anilines is 2. The molecule has 10 N–H and O–H groups in total. The van der Waals surface area contributed by atoms with Gasteiger partial charge >= 0.3 is 17.7 Å². The lowest BCUT2D eigenvalue weighted by atomic mass is 9.90. The fraction of sp³-hybridized carbons (Fsp3) is 0.509. The molecular weight excluding hydrogens is 1030 g/mol. The molecule has 4 aromatic rings. The minimum Gasteiger partial charge on any atom is -0.496 e. The standard InChI is InChI=1S/C28H35N7O3.C20H31N3O8.C4H10N2O.CH2O2/c1-4-38-27-32-25(29)24-26(33-27)35(28(36)31-24)17-20-11-8-19(14-23(20)37-3)16-34(22-6-5-7-22)15-18-9-12-21(30-2)13-10-18;1-15(2)19(20(28)21-6-8-24)22-16(25)5-9-29-11-13-31-14-12-30-10-7-23-17(26)3-4-18(23)27;1-2-3-6-4(5)7;2-1-3/h8-14,22,30H,4-7,15-17H2,1-3H3,(H,31,36)(H2,29,32,33);3-4,8,15,19H,5-7,9-14H2,1-2H3,(H,21,28)(H,22,25);2-3H2,1H3,(H3,5,6,7);1H,(H,2,3). The summed E-state index contributed by atoms with van der Waals surface area (Å²) in [7, 11) is 3.59. The number of methoxy groups -OCH3 is 1. The number of urea groups is 1. The number of aromatic nitrogens is 4. The Morgan fingerprint density at radius 2 is 1.52 bits per heavy atom. The number of aldehydes is 1. The highest BCUT2D eigenvalue weighted by atomic mass is 16.5. The van der Waals surface area contributed by atoms with Crippen LogP contribution >= 0.6 is 0 Å². The predicted octanol–water partition coefficient (Wildman–Crippen LogP) is 2.33. The molecule has 1 unspecified atom stereocenters. The lowest BCUT2D eigenvalue weighted by Crippen LogP contribution is -2.50. The number of H-pyrrole nitrogens is 1. The number of benzene rings is 2. The number of hydrogen-bond donors (Lipinski definition) is 8. The van der Waals surface area contributed by atoms with Crippen LogP contribution in [0.25, 0.3) is 11.2 Å². The Kier molecular flexibility index (Phi) is 30.0. The number of carbonyl (C=O) groups is 7. The lowest BCUT2D eigenvalue weighted by Gasteiger charge is -2.38. The summed E-state index contributed by atoms with van der Waals surface area (Å²) in [6, 6.07) is 14.4. The fourth-order valence-electron chi connectivity index (χ4n) is 7.67. The summed E-state index contributed by atoms with van der Waals surface area (Å²) in [6.07, 6.45) is 7.79. The van der Waals surface area contributed by atoms with Crippen molar-refractivity contribution in [2.45, 2.75) is 91.5 Å². The molecule has 6 amide bonds. The number of primary amides is 1. The van der Waals surface area contributed by atoms with E-state index in [0.717, 1.165) is 41.4 Å². The molecule has 6 rings (SSSR count). The molecule has 1 fully saturated rings. The van der Waals surface area contributed by atoms with Gasteiger partial charge in [0.15, 0.2) is 11.5 Å². The molecule has 0 radical (unpaired) electrons. The molecule has 0 bridgehead atoms. The van der Waals surface area contributed by atoms with Gasteiger partial charge in [-0.1, -0.05) is 51.5 Å². The van der Waals surface area contributed by atoms with Gasteiger partial charge in [-0.15, -0.1) is 0 Å². The van der Waals surface area contributed by atoms with Crippen LogP contribution in [0.15, 0.2) is 59.4 Å². The number of amides is 6. The molecule has 3 heterocycles. The molecule has 1 aliphatic carbocycles. The zero-order valence-corrected chi connectivity index (χ0v) is 46.0. The van der Waals surface area contributed by atoms with Gasteiger partial charge in [-0.2, -0.15) is 9.97 Å². The molecule has 2 aromatic carbocycles. The maximum atomic E-state index is 12.8.